The first-order valence-electron chi connectivity index (χ1n) is 11.3. The average molecular weight is 434 g/mol. The van der Waals surface area contributed by atoms with Crippen molar-refractivity contribution in [1.82, 2.24) is 20.9 Å². The largest absolute Gasteiger partial charge is 0.450 e. The molecule has 1 unspecified atom stereocenters. The van der Waals surface area contributed by atoms with Crippen molar-refractivity contribution in [2.24, 2.45) is 10.9 Å². The van der Waals surface area contributed by atoms with Crippen molar-refractivity contribution >= 4 is 12.1 Å². The fraction of sp³-hybridized carbons (Fsp3) is 0.652. The Kier molecular flexibility index (Phi) is 11.2. The van der Waals surface area contributed by atoms with Crippen LogP contribution in [0.2, 0.25) is 0 Å². The predicted octanol–water partition coefficient (Wildman–Crippen LogP) is 2.34. The van der Waals surface area contributed by atoms with Gasteiger partial charge in [0.1, 0.15) is 0 Å². The van der Waals surface area contributed by atoms with Crippen LogP contribution < -0.4 is 16.0 Å². The molecule has 1 aliphatic heterocycles. The van der Waals surface area contributed by atoms with E-state index < -0.39 is 0 Å². The molecule has 0 saturated carbocycles. The monoisotopic (exact) mass is 433 g/mol. The van der Waals surface area contributed by atoms with Crippen molar-refractivity contribution in [2.75, 3.05) is 46.5 Å². The van der Waals surface area contributed by atoms with E-state index in [0.717, 1.165) is 39.3 Å². The molecule has 0 radical (unpaired) electrons. The maximum atomic E-state index is 11.8. The van der Waals surface area contributed by atoms with Gasteiger partial charge >= 0.3 is 6.09 Å². The summed E-state index contributed by atoms with van der Waals surface area (Å²) in [6.07, 6.45) is 0.473. The van der Waals surface area contributed by atoms with E-state index in [2.05, 4.69) is 64.0 Å². The zero-order valence-electron chi connectivity index (χ0n) is 19.4. The first kappa shape index (κ1) is 24.9. The second kappa shape index (κ2) is 13.9. The van der Waals surface area contributed by atoms with E-state index in [1.54, 1.807) is 14.0 Å². The standard InChI is InChI=1S/C23H39N5O3/c1-5-31-23(29)27-21(14-18(2)3)16-26-22(24-4)25-15-19-8-6-7-9-20(19)17-28-10-12-30-13-11-28/h6-9,18,21H,5,10-17H2,1-4H3,(H,27,29)(H2,24,25,26). The number of carbonyl (C=O) groups excluding carboxylic acids is 1. The Morgan fingerprint density at radius 2 is 1.90 bits per heavy atom. The van der Waals surface area contributed by atoms with Crippen LogP contribution in [0.1, 0.15) is 38.3 Å². The lowest BCUT2D eigenvalue weighted by Gasteiger charge is -2.27. The Bertz CT molecular complexity index is 690. The third-order valence-corrected chi connectivity index (χ3v) is 5.16. The van der Waals surface area contributed by atoms with Crippen molar-refractivity contribution in [2.45, 2.75) is 46.3 Å². The van der Waals surface area contributed by atoms with Crippen LogP contribution in [0.15, 0.2) is 29.3 Å². The highest BCUT2D eigenvalue weighted by Crippen LogP contribution is 2.13. The highest BCUT2D eigenvalue weighted by Gasteiger charge is 2.16. The van der Waals surface area contributed by atoms with Crippen LogP contribution in [0.5, 0.6) is 0 Å². The lowest BCUT2D eigenvalue weighted by atomic mass is 10.0. The number of guanidine groups is 1. The van der Waals surface area contributed by atoms with Crippen LogP contribution >= 0.6 is 0 Å². The molecule has 174 valence electrons. The number of amides is 1. The molecule has 1 aromatic rings. The third-order valence-electron chi connectivity index (χ3n) is 5.16. The van der Waals surface area contributed by atoms with E-state index in [1.165, 1.54) is 11.1 Å². The van der Waals surface area contributed by atoms with Gasteiger partial charge in [-0.25, -0.2) is 4.79 Å². The van der Waals surface area contributed by atoms with Crippen molar-refractivity contribution in [3.05, 3.63) is 35.4 Å². The van der Waals surface area contributed by atoms with Gasteiger partial charge in [-0.1, -0.05) is 38.1 Å². The molecule has 8 heteroatoms. The number of nitrogens with one attached hydrogen (secondary N) is 3. The van der Waals surface area contributed by atoms with Gasteiger partial charge < -0.3 is 25.4 Å². The van der Waals surface area contributed by atoms with Gasteiger partial charge in [-0.15, -0.1) is 0 Å². The fourth-order valence-electron chi connectivity index (χ4n) is 3.61. The summed E-state index contributed by atoms with van der Waals surface area (Å²) in [6.45, 7) is 12.2. The van der Waals surface area contributed by atoms with Gasteiger partial charge in [-0.2, -0.15) is 0 Å². The summed E-state index contributed by atoms with van der Waals surface area (Å²) < 4.78 is 10.5. The van der Waals surface area contributed by atoms with E-state index in [4.69, 9.17) is 9.47 Å². The lowest BCUT2D eigenvalue weighted by Crippen LogP contribution is -2.47. The summed E-state index contributed by atoms with van der Waals surface area (Å²) in [5.74, 6) is 1.16. The number of rotatable bonds is 10. The topological polar surface area (TPSA) is 87.2 Å². The smallest absolute Gasteiger partial charge is 0.407 e. The Labute approximate surface area is 186 Å². The first-order valence-corrected chi connectivity index (χ1v) is 11.3. The van der Waals surface area contributed by atoms with Gasteiger partial charge in [0.05, 0.1) is 19.8 Å². The van der Waals surface area contributed by atoms with Crippen molar-refractivity contribution in [3.8, 4) is 0 Å². The summed E-state index contributed by atoms with van der Waals surface area (Å²) in [5.41, 5.74) is 2.56. The molecule has 1 atom stereocenters. The molecule has 1 heterocycles. The van der Waals surface area contributed by atoms with E-state index in [-0.39, 0.29) is 12.1 Å². The molecule has 0 aliphatic carbocycles. The SMILES string of the molecule is CCOC(=O)NC(CNC(=NC)NCc1ccccc1CN1CCOCC1)CC(C)C. The van der Waals surface area contributed by atoms with Crippen LogP contribution in [0.4, 0.5) is 4.79 Å². The molecule has 1 amide bonds. The molecule has 1 saturated heterocycles. The van der Waals surface area contributed by atoms with Crippen molar-refractivity contribution in [1.29, 1.82) is 0 Å². The summed E-state index contributed by atoms with van der Waals surface area (Å²) in [4.78, 5) is 18.6. The minimum Gasteiger partial charge on any atom is -0.450 e. The first-order chi connectivity index (χ1) is 15.0. The van der Waals surface area contributed by atoms with Crippen LogP contribution in [0.3, 0.4) is 0 Å². The van der Waals surface area contributed by atoms with Gasteiger partial charge in [-0.3, -0.25) is 9.89 Å². The number of alkyl carbamates (subject to hydrolysis) is 1. The fourth-order valence-corrected chi connectivity index (χ4v) is 3.61. The molecule has 1 fully saturated rings. The summed E-state index contributed by atoms with van der Waals surface area (Å²) >= 11 is 0. The molecule has 3 N–H and O–H groups in total. The van der Waals surface area contributed by atoms with Crippen LogP contribution in [-0.4, -0.2) is 69.5 Å². The second-order valence-electron chi connectivity index (χ2n) is 8.16. The molecule has 0 bridgehead atoms. The molecule has 8 nitrogen and oxygen atoms in total. The van der Waals surface area contributed by atoms with E-state index >= 15 is 0 Å². The average Bonchev–Trinajstić information content (AvgIpc) is 2.75. The summed E-state index contributed by atoms with van der Waals surface area (Å²) in [7, 11) is 1.76. The van der Waals surface area contributed by atoms with Crippen LogP contribution in [0, 0.1) is 5.92 Å². The summed E-state index contributed by atoms with van der Waals surface area (Å²) in [5, 5.41) is 9.67. The minimum atomic E-state index is -0.380. The van der Waals surface area contributed by atoms with Gasteiger partial charge in [0.25, 0.3) is 0 Å². The molecule has 2 rings (SSSR count). The van der Waals surface area contributed by atoms with Gasteiger partial charge in [0, 0.05) is 45.8 Å². The van der Waals surface area contributed by atoms with Crippen LogP contribution in [0.25, 0.3) is 0 Å². The van der Waals surface area contributed by atoms with Crippen molar-refractivity contribution in [3.63, 3.8) is 0 Å². The maximum Gasteiger partial charge on any atom is 0.407 e. The highest BCUT2D eigenvalue weighted by atomic mass is 16.5. The Balaban J connectivity index is 1.89. The summed E-state index contributed by atoms with van der Waals surface area (Å²) in [6, 6.07) is 8.46. The zero-order valence-corrected chi connectivity index (χ0v) is 19.4. The van der Waals surface area contributed by atoms with Gasteiger partial charge in [0.2, 0.25) is 0 Å². The maximum absolute atomic E-state index is 11.8. The predicted molar refractivity (Wildman–Crippen MR) is 124 cm³/mol. The lowest BCUT2D eigenvalue weighted by molar-refractivity contribution is 0.0341. The molecule has 0 spiro atoms. The quantitative estimate of drug-likeness (QED) is 0.388. The van der Waals surface area contributed by atoms with Gasteiger partial charge in [0.15, 0.2) is 5.96 Å². The molecule has 1 aromatic carbocycles. The number of carbonyl (C=O) groups is 1. The minimum absolute atomic E-state index is 0.0359. The Morgan fingerprint density at radius 3 is 2.55 bits per heavy atom. The molecular weight excluding hydrogens is 394 g/mol. The van der Waals surface area contributed by atoms with E-state index in [0.29, 0.717) is 31.6 Å². The number of morpholine rings is 1. The van der Waals surface area contributed by atoms with Crippen molar-refractivity contribution < 1.29 is 14.3 Å². The number of ether oxygens (including phenoxy) is 2. The number of nitrogens with zero attached hydrogens (tertiary/aromatic N) is 2. The third kappa shape index (κ3) is 9.57. The van der Waals surface area contributed by atoms with Gasteiger partial charge in [-0.05, 0) is 30.4 Å². The molecule has 0 aromatic heterocycles. The number of hydrogen-bond acceptors (Lipinski definition) is 5. The number of benzene rings is 1. The van der Waals surface area contributed by atoms with E-state index in [1.807, 2.05) is 0 Å². The Morgan fingerprint density at radius 1 is 1.19 bits per heavy atom. The molecule has 1 aliphatic rings. The van der Waals surface area contributed by atoms with E-state index in [9.17, 15) is 4.79 Å². The normalized spacial score (nSPS) is 16.1. The van der Waals surface area contributed by atoms with Crippen LogP contribution in [-0.2, 0) is 22.6 Å². The molecule has 31 heavy (non-hydrogen) atoms. The molecular formula is C23H39N5O3. The highest BCUT2D eigenvalue weighted by molar-refractivity contribution is 5.79. The number of hydrogen-bond donors (Lipinski definition) is 3. The Hall–Kier alpha value is -2.32. The second-order valence-corrected chi connectivity index (χ2v) is 8.16. The zero-order chi connectivity index (χ0) is 22.5. The number of aliphatic imine (C=N–C) groups is 1.